The van der Waals surface area contributed by atoms with E-state index in [2.05, 4.69) is 0 Å². The maximum absolute atomic E-state index is 13.7. The molecule has 5 rings (SSSR count). The second kappa shape index (κ2) is 11.8. The molecule has 3 aromatic carbocycles. The Morgan fingerprint density at radius 1 is 0.974 bits per heavy atom. The minimum atomic E-state index is -0.0820. The first-order valence-corrected chi connectivity index (χ1v) is 12.8. The third-order valence-corrected chi connectivity index (χ3v) is 6.83. The number of carbonyl (C=O) groups is 1. The maximum Gasteiger partial charge on any atom is 0.231 e. The van der Waals surface area contributed by atoms with Crippen LogP contribution in [-0.4, -0.2) is 57.1 Å². The van der Waals surface area contributed by atoms with Crippen LogP contribution in [0.4, 0.5) is 0 Å². The number of amides is 1. The van der Waals surface area contributed by atoms with E-state index in [0.29, 0.717) is 47.7 Å². The molecule has 0 spiro atoms. The summed E-state index contributed by atoms with van der Waals surface area (Å²) in [6.07, 6.45) is 0.135. The van der Waals surface area contributed by atoms with Crippen LogP contribution >= 0.6 is 11.6 Å². The number of methoxy groups -OCH3 is 3. The molecule has 39 heavy (non-hydrogen) atoms. The monoisotopic (exact) mass is 548 g/mol. The van der Waals surface area contributed by atoms with Gasteiger partial charge in [0.15, 0.2) is 11.5 Å². The van der Waals surface area contributed by atoms with Crippen LogP contribution in [0.15, 0.2) is 60.7 Å². The number of ether oxygens (including phenoxy) is 5. The first-order chi connectivity index (χ1) is 19.0. The van der Waals surface area contributed by atoms with Gasteiger partial charge >= 0.3 is 0 Å². The Hall–Kier alpha value is -4.01. The summed E-state index contributed by atoms with van der Waals surface area (Å²) >= 11 is 6.34. The van der Waals surface area contributed by atoms with Gasteiger partial charge in [0, 0.05) is 47.8 Å². The Morgan fingerprint density at radius 2 is 1.79 bits per heavy atom. The van der Waals surface area contributed by atoms with Gasteiger partial charge in [-0.05, 0) is 48.0 Å². The van der Waals surface area contributed by atoms with Gasteiger partial charge in [-0.25, -0.2) is 4.98 Å². The van der Waals surface area contributed by atoms with Gasteiger partial charge in [-0.3, -0.25) is 4.79 Å². The van der Waals surface area contributed by atoms with Gasteiger partial charge in [0.25, 0.3) is 0 Å². The summed E-state index contributed by atoms with van der Waals surface area (Å²) in [7, 11) is 4.79. The van der Waals surface area contributed by atoms with E-state index in [-0.39, 0.29) is 19.1 Å². The van der Waals surface area contributed by atoms with Crippen LogP contribution in [0.25, 0.3) is 22.2 Å². The van der Waals surface area contributed by atoms with Crippen molar-refractivity contribution in [2.24, 2.45) is 0 Å². The summed E-state index contributed by atoms with van der Waals surface area (Å²) in [4.78, 5) is 20.5. The molecule has 0 fully saturated rings. The first kappa shape index (κ1) is 26.6. The number of nitrogens with zero attached hydrogens (tertiary/aromatic N) is 2. The van der Waals surface area contributed by atoms with Crippen molar-refractivity contribution in [3.05, 3.63) is 76.8 Å². The van der Waals surface area contributed by atoms with Crippen LogP contribution in [0.5, 0.6) is 23.0 Å². The van der Waals surface area contributed by atoms with Gasteiger partial charge in [0.05, 0.1) is 38.5 Å². The lowest BCUT2D eigenvalue weighted by molar-refractivity contribution is -0.131. The van der Waals surface area contributed by atoms with Crippen LogP contribution in [0, 0.1) is 0 Å². The minimum Gasteiger partial charge on any atom is -0.497 e. The van der Waals surface area contributed by atoms with E-state index in [1.165, 1.54) is 0 Å². The summed E-state index contributed by atoms with van der Waals surface area (Å²) in [5.41, 5.74) is 3.95. The van der Waals surface area contributed by atoms with E-state index < -0.39 is 0 Å². The molecule has 8 nitrogen and oxygen atoms in total. The van der Waals surface area contributed by atoms with E-state index in [1.54, 1.807) is 38.4 Å². The van der Waals surface area contributed by atoms with Crippen molar-refractivity contribution >= 4 is 28.4 Å². The lowest BCUT2D eigenvalue weighted by atomic mass is 10.0. The van der Waals surface area contributed by atoms with Crippen molar-refractivity contribution in [1.82, 2.24) is 9.88 Å². The molecule has 1 amide bonds. The highest BCUT2D eigenvalue weighted by atomic mass is 35.5. The van der Waals surface area contributed by atoms with Crippen LogP contribution in [0.3, 0.4) is 0 Å². The molecule has 0 unspecified atom stereocenters. The molecule has 2 heterocycles. The van der Waals surface area contributed by atoms with Crippen LogP contribution in [0.1, 0.15) is 11.1 Å². The summed E-state index contributed by atoms with van der Waals surface area (Å²) < 4.78 is 27.4. The Balaban J connectivity index is 1.54. The molecule has 0 atom stereocenters. The lowest BCUT2D eigenvalue weighted by Gasteiger charge is -2.25. The normalized spacial score (nSPS) is 12.0. The lowest BCUT2D eigenvalue weighted by Crippen LogP contribution is -2.35. The zero-order valence-electron chi connectivity index (χ0n) is 22.0. The van der Waals surface area contributed by atoms with Gasteiger partial charge in [0.1, 0.15) is 11.5 Å². The van der Waals surface area contributed by atoms with Gasteiger partial charge in [-0.15, -0.1) is 0 Å². The van der Waals surface area contributed by atoms with Gasteiger partial charge in [-0.1, -0.05) is 23.7 Å². The first-order valence-electron chi connectivity index (χ1n) is 12.5. The van der Waals surface area contributed by atoms with Crippen LogP contribution < -0.4 is 18.9 Å². The van der Waals surface area contributed by atoms with Gasteiger partial charge in [0.2, 0.25) is 12.7 Å². The zero-order valence-corrected chi connectivity index (χ0v) is 22.8. The number of hydrogen-bond acceptors (Lipinski definition) is 7. The highest BCUT2D eigenvalue weighted by Gasteiger charge is 2.22. The average molecular weight is 549 g/mol. The summed E-state index contributed by atoms with van der Waals surface area (Å²) in [6.45, 7) is 1.27. The topological polar surface area (TPSA) is 79.4 Å². The van der Waals surface area contributed by atoms with Crippen LogP contribution in [-0.2, 0) is 22.5 Å². The predicted octanol–water partition coefficient (Wildman–Crippen LogP) is 5.52. The van der Waals surface area contributed by atoms with Crippen molar-refractivity contribution in [2.45, 2.75) is 13.0 Å². The molecule has 0 saturated heterocycles. The number of hydrogen-bond donors (Lipinski definition) is 0. The second-order valence-electron chi connectivity index (χ2n) is 9.07. The van der Waals surface area contributed by atoms with Crippen molar-refractivity contribution in [1.29, 1.82) is 0 Å². The smallest absolute Gasteiger partial charge is 0.231 e. The Bertz CT molecular complexity index is 1510. The molecule has 1 aliphatic rings. The quantitative estimate of drug-likeness (QED) is 0.258. The number of rotatable bonds is 10. The molecule has 0 N–H and O–H groups in total. The highest BCUT2D eigenvalue weighted by molar-refractivity contribution is 6.30. The number of carbonyl (C=O) groups excluding carboxylic acids is 1. The molecule has 9 heteroatoms. The summed E-state index contributed by atoms with van der Waals surface area (Å²) in [6, 6.07) is 18.8. The Labute approximate surface area is 232 Å². The Morgan fingerprint density at radius 3 is 2.54 bits per heavy atom. The van der Waals surface area contributed by atoms with Crippen LogP contribution in [0.2, 0.25) is 5.02 Å². The van der Waals surface area contributed by atoms with Crippen molar-refractivity contribution in [3.8, 4) is 34.3 Å². The fourth-order valence-corrected chi connectivity index (χ4v) is 4.80. The van der Waals surface area contributed by atoms with E-state index in [0.717, 1.165) is 33.3 Å². The van der Waals surface area contributed by atoms with E-state index in [4.69, 9.17) is 40.3 Å². The molecular formula is C30H29ClN2O6. The average Bonchev–Trinajstić information content (AvgIpc) is 3.40. The third-order valence-electron chi connectivity index (χ3n) is 6.59. The third kappa shape index (κ3) is 5.87. The SMILES string of the molecule is COCCN(Cc1cc2cc3c(cc2nc1-c1cccc(Cl)c1)OCO3)C(=O)Cc1cc(OC)ccc1OC. The summed E-state index contributed by atoms with van der Waals surface area (Å²) in [5.74, 6) is 2.52. The number of halogens is 1. The van der Waals surface area contributed by atoms with E-state index in [9.17, 15) is 4.79 Å². The fraction of sp³-hybridized carbons (Fsp3) is 0.267. The number of pyridine rings is 1. The predicted molar refractivity (Wildman–Crippen MR) is 149 cm³/mol. The number of benzene rings is 3. The van der Waals surface area contributed by atoms with Crippen molar-refractivity contribution in [3.63, 3.8) is 0 Å². The largest absolute Gasteiger partial charge is 0.497 e. The highest BCUT2D eigenvalue weighted by Crippen LogP contribution is 2.38. The molecule has 1 aromatic heterocycles. The molecule has 202 valence electrons. The van der Waals surface area contributed by atoms with E-state index >= 15 is 0 Å². The minimum absolute atomic E-state index is 0.0820. The maximum atomic E-state index is 13.7. The van der Waals surface area contributed by atoms with Gasteiger partial charge in [-0.2, -0.15) is 0 Å². The van der Waals surface area contributed by atoms with Crippen molar-refractivity contribution < 1.29 is 28.5 Å². The molecule has 0 aliphatic carbocycles. The molecular weight excluding hydrogens is 520 g/mol. The van der Waals surface area contributed by atoms with E-state index in [1.807, 2.05) is 48.5 Å². The molecule has 4 aromatic rings. The molecule has 0 bridgehead atoms. The standard InChI is InChI=1S/C30H29ClN2O6/c1-35-10-9-33(29(34)15-21-13-24(36-2)7-8-26(21)37-3)17-22-11-20-14-27-28(39-18-38-27)16-25(20)32-30(22)19-5-4-6-23(31)12-19/h4-8,11-14,16H,9-10,15,17-18H2,1-3H3. The molecule has 0 saturated carbocycles. The number of fused-ring (bicyclic) bond motifs is 2. The fourth-order valence-electron chi connectivity index (χ4n) is 4.61. The Kier molecular flexibility index (Phi) is 8.05. The van der Waals surface area contributed by atoms with Gasteiger partial charge < -0.3 is 28.6 Å². The molecule has 0 radical (unpaired) electrons. The number of aromatic nitrogens is 1. The summed E-state index contributed by atoms with van der Waals surface area (Å²) in [5, 5.41) is 1.48. The second-order valence-corrected chi connectivity index (χ2v) is 9.50. The van der Waals surface area contributed by atoms with Crippen molar-refractivity contribution in [2.75, 3.05) is 41.3 Å². The zero-order chi connectivity index (χ0) is 27.4. The molecule has 1 aliphatic heterocycles.